The molecule has 0 spiro atoms. The first-order chi connectivity index (χ1) is 41.0. The Hall–Kier alpha value is -5.57. The molecule has 0 saturated carbocycles. The SMILES string of the molecule is CCc1ccccc1C1=CC(C)=[C-]C1.CCc1ccccc1C1=CC(C)=[C-]C1.CCc1ccccc1C1=CC(C)=[C-]C1.CCc1ccccc1C1=CC(C)=[C-]C1.[Cl-].[Cl-].[Hf+2]=[Si](c1ccccc1)c1ccccc1.[Hf+2]=[Si](c1ccccc1)c1ccccc1. The molecule has 0 nitrogen and oxygen atoms in total. The predicted octanol–water partition coefficient (Wildman–Crippen LogP) is 11.8. The van der Waals surface area contributed by atoms with Gasteiger partial charge in [-0.25, -0.2) is 46.6 Å². The molecule has 0 aliphatic heterocycles. The van der Waals surface area contributed by atoms with Crippen LogP contribution in [0, 0.1) is 24.3 Å². The van der Waals surface area contributed by atoms with Gasteiger partial charge >= 0.3 is 199 Å². The molecule has 0 amide bonds. The van der Waals surface area contributed by atoms with Crippen LogP contribution in [0.1, 0.15) is 126 Å². The molecule has 432 valence electrons. The number of aryl methyl sites for hydroxylation is 4. The van der Waals surface area contributed by atoms with Gasteiger partial charge in [0.05, 0.1) is 0 Å². The molecule has 6 heteroatoms. The van der Waals surface area contributed by atoms with Crippen molar-refractivity contribution in [3.05, 3.63) is 334 Å². The van der Waals surface area contributed by atoms with Gasteiger partial charge in [0.2, 0.25) is 0 Å². The first-order valence-corrected chi connectivity index (χ1v) is 43.6. The van der Waals surface area contributed by atoms with E-state index in [9.17, 15) is 0 Å². The fourth-order valence-electron chi connectivity index (χ4n) is 10.4. The molecular formula is C80H80Cl2Hf2Si2-2. The number of rotatable bonds is 12. The molecule has 0 radical (unpaired) electrons. The molecule has 4 aliphatic rings. The molecule has 0 saturated heterocycles. The Morgan fingerprint density at radius 2 is 0.453 bits per heavy atom. The van der Waals surface area contributed by atoms with Crippen LogP contribution in [0.15, 0.2) is 265 Å². The van der Waals surface area contributed by atoms with Crippen LogP contribution >= 0.6 is 0 Å². The molecule has 0 unspecified atom stereocenters. The van der Waals surface area contributed by atoms with Crippen molar-refractivity contribution < 1.29 is 70.8 Å². The summed E-state index contributed by atoms with van der Waals surface area (Å²) >= 11 is 2.53. The predicted molar refractivity (Wildman–Crippen MR) is 359 cm³/mol. The van der Waals surface area contributed by atoms with Gasteiger partial charge in [0.1, 0.15) is 0 Å². The minimum atomic E-state index is -0.406. The standard InChI is InChI=1S/4C14H15.2C12H10Si.2ClH.2Hf/c4*1-3-12-6-4-5-7-14(12)13-9-8-11(2)10-13;2*1-3-7-11(8-4-1)13-12-9-5-2-6-10-12;;;;/h4*4-7,10H,3,9H2,1-2H3;2*1-10H;2*1H;;/q4*-1;;;;;2*+2/p-2. The van der Waals surface area contributed by atoms with E-state index < -0.39 is 11.0 Å². The van der Waals surface area contributed by atoms with Gasteiger partial charge in [0.25, 0.3) is 0 Å². The van der Waals surface area contributed by atoms with Crippen LogP contribution in [-0.2, 0) is 71.7 Å². The second-order valence-corrected chi connectivity index (χ2v) is 35.7. The quantitative estimate of drug-likeness (QED) is 0.0845. The Morgan fingerprint density at radius 3 is 0.616 bits per heavy atom. The van der Waals surface area contributed by atoms with Crippen LogP contribution in [-0.4, -0.2) is 11.0 Å². The zero-order valence-corrected chi connectivity index (χ0v) is 62.2. The van der Waals surface area contributed by atoms with Crippen molar-refractivity contribution in [2.24, 2.45) is 0 Å². The fourth-order valence-corrected chi connectivity index (χ4v) is 20.4. The maximum atomic E-state index is 3.34. The topological polar surface area (TPSA) is 0 Å². The summed E-state index contributed by atoms with van der Waals surface area (Å²) in [7, 11) is 0. The van der Waals surface area contributed by atoms with Gasteiger partial charge in [0, 0.05) is 0 Å². The van der Waals surface area contributed by atoms with Crippen molar-refractivity contribution in [1.29, 1.82) is 0 Å². The van der Waals surface area contributed by atoms with Gasteiger partial charge in [-0.15, -0.1) is 48.0 Å². The summed E-state index contributed by atoms with van der Waals surface area (Å²) in [6.45, 7) is 17.3. The third-order valence-electron chi connectivity index (χ3n) is 15.0. The second-order valence-electron chi connectivity index (χ2n) is 21.1. The Morgan fingerprint density at radius 1 is 0.279 bits per heavy atom. The van der Waals surface area contributed by atoms with Crippen LogP contribution in [0.2, 0.25) is 0 Å². The molecule has 8 aromatic carbocycles. The number of hydrogen-bond acceptors (Lipinski definition) is 0. The van der Waals surface area contributed by atoms with E-state index in [1.807, 2.05) is 0 Å². The van der Waals surface area contributed by atoms with E-state index in [-0.39, 0.29) is 24.8 Å². The third-order valence-corrected chi connectivity index (χ3v) is 31.1. The normalized spacial score (nSPS) is 13.2. The Kier molecular flexibility index (Phi) is 32.0. The summed E-state index contributed by atoms with van der Waals surface area (Å²) in [4.78, 5) is 0. The van der Waals surface area contributed by atoms with Crippen molar-refractivity contribution in [3.63, 3.8) is 0 Å². The van der Waals surface area contributed by atoms with Crippen molar-refractivity contribution in [3.8, 4) is 0 Å². The molecule has 0 bridgehead atoms. The van der Waals surface area contributed by atoms with Gasteiger partial charge in [0.15, 0.2) is 0 Å². The van der Waals surface area contributed by atoms with E-state index in [0.29, 0.717) is 0 Å². The van der Waals surface area contributed by atoms with Gasteiger partial charge in [-0.2, -0.15) is 0 Å². The first-order valence-electron chi connectivity index (χ1n) is 29.8. The van der Waals surface area contributed by atoms with Crippen molar-refractivity contribution in [2.75, 3.05) is 0 Å². The third kappa shape index (κ3) is 21.9. The molecule has 86 heavy (non-hydrogen) atoms. The monoisotopic (exact) mass is 1530 g/mol. The fraction of sp³-hybridized carbons (Fsp3) is 0.200. The van der Waals surface area contributed by atoms with Crippen LogP contribution in [0.4, 0.5) is 0 Å². The van der Waals surface area contributed by atoms with Crippen molar-refractivity contribution >= 4 is 54.0 Å². The molecular weight excluding hydrogens is 1440 g/mol. The Labute approximate surface area is 560 Å². The second kappa shape index (κ2) is 38.7. The number of benzene rings is 8. The average molecular weight is 1530 g/mol. The van der Waals surface area contributed by atoms with E-state index in [1.54, 1.807) is 0 Å². The van der Waals surface area contributed by atoms with Gasteiger partial charge in [-0.3, -0.25) is 24.3 Å². The minimum absolute atomic E-state index is 0. The van der Waals surface area contributed by atoms with Crippen LogP contribution in [0.3, 0.4) is 0 Å². The number of hydrogen-bond donors (Lipinski definition) is 0. The molecule has 0 atom stereocenters. The zero-order chi connectivity index (χ0) is 59.5. The van der Waals surface area contributed by atoms with Crippen LogP contribution in [0.25, 0.3) is 22.3 Å². The Bertz CT molecular complexity index is 3230. The summed E-state index contributed by atoms with van der Waals surface area (Å²) in [6.07, 6.45) is 30.7. The summed E-state index contributed by atoms with van der Waals surface area (Å²) in [5, 5.41) is 6.15. The number of halogens is 2. The number of allylic oxidation sites excluding steroid dienone is 16. The van der Waals surface area contributed by atoms with E-state index in [0.717, 1.165) is 51.4 Å². The molecule has 0 aromatic heterocycles. The summed E-state index contributed by atoms with van der Waals surface area (Å²) in [5.74, 6) is 0. The van der Waals surface area contributed by atoms with Crippen molar-refractivity contribution in [1.82, 2.24) is 0 Å². The summed E-state index contributed by atoms with van der Waals surface area (Å²) < 4.78 is 0. The first kappa shape index (κ1) is 71.2. The van der Waals surface area contributed by atoms with Crippen LogP contribution in [0.5, 0.6) is 0 Å². The molecule has 0 heterocycles. The van der Waals surface area contributed by atoms with E-state index in [2.05, 4.69) is 322 Å². The van der Waals surface area contributed by atoms with E-state index in [1.165, 1.54) is 156 Å². The van der Waals surface area contributed by atoms with Gasteiger partial charge in [-0.1, -0.05) is 152 Å². The molecule has 4 aliphatic carbocycles. The molecule has 0 N–H and O–H groups in total. The summed E-state index contributed by atoms with van der Waals surface area (Å²) in [5.41, 5.74) is 21.3. The molecule has 8 aromatic rings. The van der Waals surface area contributed by atoms with E-state index >= 15 is 0 Å². The maximum absolute atomic E-state index is 3.34. The molecule has 12 rings (SSSR count). The van der Waals surface area contributed by atoms with E-state index in [4.69, 9.17) is 0 Å². The van der Waals surface area contributed by atoms with Gasteiger partial charge < -0.3 is 24.8 Å². The summed E-state index contributed by atoms with van der Waals surface area (Å²) in [6, 6.07) is 78.1. The van der Waals surface area contributed by atoms with Crippen molar-refractivity contribution in [2.45, 2.75) is 107 Å². The van der Waals surface area contributed by atoms with Gasteiger partial charge in [-0.05, 0) is 70.2 Å². The zero-order valence-electron chi connectivity index (χ0n) is 51.5. The Balaban J connectivity index is 0.000000187. The average Bonchev–Trinajstić information content (AvgIpc) is 4.41. The van der Waals surface area contributed by atoms with Crippen LogP contribution < -0.4 is 45.6 Å². The molecule has 0 fully saturated rings.